The summed E-state index contributed by atoms with van der Waals surface area (Å²) < 4.78 is 4.82. The summed E-state index contributed by atoms with van der Waals surface area (Å²) in [5.41, 5.74) is 1.24. The van der Waals surface area contributed by atoms with E-state index in [4.69, 9.17) is 16.0 Å². The van der Waals surface area contributed by atoms with Gasteiger partial charge in [0.15, 0.2) is 0 Å². The predicted molar refractivity (Wildman–Crippen MR) is 80.0 cm³/mol. The first kappa shape index (κ1) is 16.1. The number of carbonyl (C=O) groups excluding carboxylic acids is 2. The molecule has 0 saturated heterocycles. The first-order chi connectivity index (χ1) is 10.6. The quantitative estimate of drug-likeness (QED) is 0.726. The molecule has 0 saturated carbocycles. The average Bonchev–Trinajstić information content (AvgIpc) is 3.05. The monoisotopic (exact) mass is 322 g/mol. The van der Waals surface area contributed by atoms with Gasteiger partial charge in [-0.05, 0) is 17.7 Å². The van der Waals surface area contributed by atoms with Crippen LogP contribution in [0.25, 0.3) is 0 Å². The highest BCUT2D eigenvalue weighted by molar-refractivity contribution is 6.35. The molecular weight excluding hydrogens is 308 g/mol. The first-order valence-corrected chi connectivity index (χ1v) is 6.95. The number of furan rings is 1. The third kappa shape index (κ3) is 4.34. The van der Waals surface area contributed by atoms with Crippen molar-refractivity contribution in [3.05, 3.63) is 59.0 Å². The lowest BCUT2D eigenvalue weighted by molar-refractivity contribution is -0.139. The van der Waals surface area contributed by atoms with Crippen molar-refractivity contribution in [1.29, 1.82) is 0 Å². The molecular formula is C15H15ClN2O4. The summed E-state index contributed by atoms with van der Waals surface area (Å²) >= 11 is 5.95. The van der Waals surface area contributed by atoms with Crippen molar-refractivity contribution in [1.82, 2.24) is 10.6 Å². The highest BCUT2D eigenvalue weighted by atomic mass is 35.5. The molecule has 1 aromatic heterocycles. The fourth-order valence-electron chi connectivity index (χ4n) is 1.75. The maximum Gasteiger partial charge on any atom is 0.309 e. The van der Waals surface area contributed by atoms with Gasteiger partial charge in [0.05, 0.1) is 18.6 Å². The second-order valence-electron chi connectivity index (χ2n) is 4.56. The van der Waals surface area contributed by atoms with Crippen LogP contribution in [0.15, 0.2) is 47.3 Å². The molecule has 1 heterocycles. The smallest absolute Gasteiger partial charge is 0.309 e. The molecule has 2 aromatic rings. The molecule has 0 radical (unpaired) electrons. The number of hydrogen-bond donors (Lipinski definition) is 3. The van der Waals surface area contributed by atoms with Gasteiger partial charge in [-0.3, -0.25) is 9.59 Å². The second kappa shape index (κ2) is 7.63. The lowest BCUT2D eigenvalue weighted by Gasteiger charge is -2.10. The van der Waals surface area contributed by atoms with Crippen molar-refractivity contribution >= 4 is 23.4 Å². The van der Waals surface area contributed by atoms with E-state index in [0.29, 0.717) is 16.1 Å². The molecule has 116 valence electrons. The molecule has 3 N–H and O–H groups in total. The van der Waals surface area contributed by atoms with Crippen molar-refractivity contribution in [2.45, 2.75) is 12.6 Å². The SMILES string of the molecule is O=C(NCc1ccccc1Cl)C(=O)NC[C@@H](O)c1ccoc1. The van der Waals surface area contributed by atoms with Crippen LogP contribution in [0.3, 0.4) is 0 Å². The van der Waals surface area contributed by atoms with E-state index in [0.717, 1.165) is 0 Å². The molecule has 0 aliphatic heterocycles. The van der Waals surface area contributed by atoms with Gasteiger partial charge in [-0.1, -0.05) is 29.8 Å². The second-order valence-corrected chi connectivity index (χ2v) is 4.96. The fourth-order valence-corrected chi connectivity index (χ4v) is 1.95. The van der Waals surface area contributed by atoms with Gasteiger partial charge in [0.25, 0.3) is 0 Å². The Labute approximate surface area is 132 Å². The topological polar surface area (TPSA) is 91.6 Å². The van der Waals surface area contributed by atoms with Gasteiger partial charge in [-0.15, -0.1) is 0 Å². The van der Waals surface area contributed by atoms with Crippen LogP contribution in [0, 0.1) is 0 Å². The van der Waals surface area contributed by atoms with Crippen molar-refractivity contribution in [3.63, 3.8) is 0 Å². The Kier molecular flexibility index (Phi) is 5.57. The van der Waals surface area contributed by atoms with Gasteiger partial charge < -0.3 is 20.2 Å². The standard InChI is InChI=1S/C15H15ClN2O4/c16-12-4-2-1-3-10(12)7-17-14(20)15(21)18-8-13(19)11-5-6-22-9-11/h1-6,9,13,19H,7-8H2,(H,17,20)(H,18,21)/t13-/m1/s1. The summed E-state index contributed by atoms with van der Waals surface area (Å²) in [6.45, 7) is 0.0636. The van der Waals surface area contributed by atoms with Gasteiger partial charge in [0.1, 0.15) is 0 Å². The maximum absolute atomic E-state index is 11.7. The zero-order valence-corrected chi connectivity index (χ0v) is 12.3. The van der Waals surface area contributed by atoms with Crippen LogP contribution >= 0.6 is 11.6 Å². The highest BCUT2D eigenvalue weighted by Crippen LogP contribution is 2.14. The van der Waals surface area contributed by atoms with Gasteiger partial charge in [-0.2, -0.15) is 0 Å². The molecule has 0 fully saturated rings. The van der Waals surface area contributed by atoms with E-state index in [9.17, 15) is 14.7 Å². The fraction of sp³-hybridized carbons (Fsp3) is 0.200. The van der Waals surface area contributed by atoms with Crippen LogP contribution in [0.4, 0.5) is 0 Å². The molecule has 0 bridgehead atoms. The minimum Gasteiger partial charge on any atom is -0.472 e. The minimum absolute atomic E-state index is 0.0854. The molecule has 22 heavy (non-hydrogen) atoms. The van der Waals surface area contributed by atoms with E-state index in [-0.39, 0.29) is 13.1 Å². The third-order valence-corrected chi connectivity index (χ3v) is 3.36. The molecule has 1 atom stereocenters. The van der Waals surface area contributed by atoms with Crippen LogP contribution in [0.2, 0.25) is 5.02 Å². The van der Waals surface area contributed by atoms with Gasteiger partial charge >= 0.3 is 11.8 Å². The predicted octanol–water partition coefficient (Wildman–Crippen LogP) is 1.40. The van der Waals surface area contributed by atoms with Crippen LogP contribution in [0.1, 0.15) is 17.2 Å². The number of nitrogens with one attached hydrogen (secondary N) is 2. The Balaban J connectivity index is 1.78. The van der Waals surface area contributed by atoms with Gasteiger partial charge in [-0.25, -0.2) is 0 Å². The summed E-state index contributed by atoms with van der Waals surface area (Å²) in [6, 6.07) is 8.59. The van der Waals surface area contributed by atoms with Crippen LogP contribution in [-0.2, 0) is 16.1 Å². The van der Waals surface area contributed by atoms with Gasteiger partial charge in [0, 0.05) is 23.7 Å². The van der Waals surface area contributed by atoms with Crippen molar-refractivity contribution in [3.8, 4) is 0 Å². The molecule has 0 unspecified atom stereocenters. The Morgan fingerprint density at radius 1 is 1.18 bits per heavy atom. The number of carbonyl (C=O) groups is 2. The van der Waals surface area contributed by atoms with E-state index < -0.39 is 17.9 Å². The van der Waals surface area contributed by atoms with E-state index >= 15 is 0 Å². The summed E-state index contributed by atoms with van der Waals surface area (Å²) in [6.07, 6.45) is 1.85. The Morgan fingerprint density at radius 3 is 2.59 bits per heavy atom. The summed E-state index contributed by atoms with van der Waals surface area (Å²) in [5, 5.41) is 15.1. The van der Waals surface area contributed by atoms with Crippen LogP contribution < -0.4 is 10.6 Å². The number of halogens is 1. The lowest BCUT2D eigenvalue weighted by Crippen LogP contribution is -2.41. The first-order valence-electron chi connectivity index (χ1n) is 6.57. The minimum atomic E-state index is -0.931. The maximum atomic E-state index is 11.7. The number of amides is 2. The number of rotatable bonds is 5. The zero-order valence-electron chi connectivity index (χ0n) is 11.6. The third-order valence-electron chi connectivity index (χ3n) is 2.99. The Bertz CT molecular complexity index is 643. The zero-order chi connectivity index (χ0) is 15.9. The van der Waals surface area contributed by atoms with Crippen LogP contribution in [0.5, 0.6) is 0 Å². The summed E-state index contributed by atoms with van der Waals surface area (Å²) in [4.78, 5) is 23.3. The number of hydrogen-bond acceptors (Lipinski definition) is 4. The number of aliphatic hydroxyl groups is 1. The molecule has 6 nitrogen and oxygen atoms in total. The lowest BCUT2D eigenvalue weighted by atomic mass is 10.2. The Hall–Kier alpha value is -2.31. The normalized spacial score (nSPS) is 11.7. The van der Waals surface area contributed by atoms with Crippen molar-refractivity contribution < 1.29 is 19.1 Å². The molecule has 2 rings (SSSR count). The Morgan fingerprint density at radius 2 is 1.91 bits per heavy atom. The largest absolute Gasteiger partial charge is 0.472 e. The molecule has 1 aromatic carbocycles. The molecule has 0 aliphatic carbocycles. The molecule has 0 aliphatic rings. The van der Waals surface area contributed by atoms with Crippen molar-refractivity contribution in [2.75, 3.05) is 6.54 Å². The van der Waals surface area contributed by atoms with E-state index in [1.54, 1.807) is 30.3 Å². The average molecular weight is 323 g/mol. The van der Waals surface area contributed by atoms with E-state index in [1.165, 1.54) is 12.5 Å². The van der Waals surface area contributed by atoms with Crippen LogP contribution in [-0.4, -0.2) is 23.5 Å². The van der Waals surface area contributed by atoms with E-state index in [1.807, 2.05) is 0 Å². The summed E-state index contributed by atoms with van der Waals surface area (Å²) in [7, 11) is 0. The van der Waals surface area contributed by atoms with Crippen molar-refractivity contribution in [2.24, 2.45) is 0 Å². The van der Waals surface area contributed by atoms with E-state index in [2.05, 4.69) is 10.6 Å². The number of aliphatic hydroxyl groups excluding tert-OH is 1. The summed E-state index contributed by atoms with van der Waals surface area (Å²) in [5.74, 6) is -1.62. The molecule has 2 amide bonds. The molecule has 7 heteroatoms. The highest BCUT2D eigenvalue weighted by Gasteiger charge is 2.16. The molecule has 0 spiro atoms. The van der Waals surface area contributed by atoms with Gasteiger partial charge in [0.2, 0.25) is 0 Å². The number of benzene rings is 1.